The Hall–Kier alpha value is -2.19. The second kappa shape index (κ2) is 9.75. The number of nitrogens with one attached hydrogen (secondary N) is 1. The van der Waals surface area contributed by atoms with Crippen LogP contribution in [-0.4, -0.2) is 54.3 Å². The summed E-state index contributed by atoms with van der Waals surface area (Å²) in [5, 5.41) is 10.2. The average molecular weight is 473 g/mol. The van der Waals surface area contributed by atoms with E-state index in [2.05, 4.69) is 31.6 Å². The Morgan fingerprint density at radius 1 is 1.09 bits per heavy atom. The van der Waals surface area contributed by atoms with E-state index in [9.17, 15) is 31.1 Å². The summed E-state index contributed by atoms with van der Waals surface area (Å²) in [6, 6.07) is 0. The van der Waals surface area contributed by atoms with Gasteiger partial charge in [-0.05, 0) is 18.8 Å². The standard InChI is InChI=1S/C18H21F6N3O5/c1-9(25-14(28)8-29-11-5-12(6-11)32-18(22,23)24)2-3-15-26-27-16(31-15)13-4-10(13)7-30-17(19,20)21/h10-13H,1-8H2,(H,25,28)/t10-,11?,12?,13-/m0/s1. The number of carbonyl (C=O) groups is 1. The third-order valence-corrected chi connectivity index (χ3v) is 4.94. The van der Waals surface area contributed by atoms with E-state index in [0.717, 1.165) is 0 Å². The van der Waals surface area contributed by atoms with Gasteiger partial charge in [-0.1, -0.05) is 6.58 Å². The molecule has 1 N–H and O–H groups in total. The van der Waals surface area contributed by atoms with Crippen molar-refractivity contribution in [3.63, 3.8) is 0 Å². The number of nitrogens with zero attached hydrogens (tertiary/aromatic N) is 2. The highest BCUT2D eigenvalue weighted by Gasteiger charge is 2.45. The van der Waals surface area contributed by atoms with Crippen LogP contribution in [0.1, 0.15) is 43.4 Å². The number of alkyl halides is 6. The van der Waals surface area contributed by atoms with Crippen LogP contribution in [0.4, 0.5) is 26.3 Å². The monoisotopic (exact) mass is 473 g/mol. The van der Waals surface area contributed by atoms with Crippen molar-refractivity contribution in [2.75, 3.05) is 13.2 Å². The minimum Gasteiger partial charge on any atom is -0.425 e. The summed E-state index contributed by atoms with van der Waals surface area (Å²) in [5.41, 5.74) is 0.341. The quantitative estimate of drug-likeness (QED) is 0.493. The molecule has 8 nitrogen and oxygen atoms in total. The molecule has 0 bridgehead atoms. The predicted octanol–water partition coefficient (Wildman–Crippen LogP) is 3.36. The molecule has 1 amide bonds. The van der Waals surface area contributed by atoms with Crippen molar-refractivity contribution in [1.29, 1.82) is 0 Å². The molecule has 2 aliphatic carbocycles. The average Bonchev–Trinajstić information content (AvgIpc) is 3.26. The summed E-state index contributed by atoms with van der Waals surface area (Å²) < 4.78 is 90.6. The first kappa shape index (κ1) is 24.5. The lowest BCUT2D eigenvalue weighted by Crippen LogP contribution is -2.42. The number of aromatic nitrogens is 2. The van der Waals surface area contributed by atoms with Crippen molar-refractivity contribution in [1.82, 2.24) is 15.5 Å². The fourth-order valence-corrected chi connectivity index (χ4v) is 3.14. The molecule has 180 valence electrons. The normalized spacial score (nSPS) is 25.3. The smallest absolute Gasteiger partial charge is 0.425 e. The van der Waals surface area contributed by atoms with Gasteiger partial charge in [0, 0.05) is 30.9 Å². The Balaban J connectivity index is 1.28. The Morgan fingerprint density at radius 3 is 2.47 bits per heavy atom. The molecule has 1 aromatic heterocycles. The molecule has 0 saturated heterocycles. The first-order valence-corrected chi connectivity index (χ1v) is 9.74. The van der Waals surface area contributed by atoms with E-state index < -0.39 is 37.4 Å². The zero-order valence-corrected chi connectivity index (χ0v) is 16.7. The van der Waals surface area contributed by atoms with Gasteiger partial charge in [-0.2, -0.15) is 0 Å². The van der Waals surface area contributed by atoms with Crippen LogP contribution in [0.5, 0.6) is 0 Å². The molecule has 0 spiro atoms. The van der Waals surface area contributed by atoms with Crippen LogP contribution >= 0.6 is 0 Å². The van der Waals surface area contributed by atoms with Gasteiger partial charge in [0.25, 0.3) is 0 Å². The van der Waals surface area contributed by atoms with Gasteiger partial charge < -0.3 is 14.5 Å². The topological polar surface area (TPSA) is 95.7 Å². The van der Waals surface area contributed by atoms with Crippen LogP contribution in [0.2, 0.25) is 0 Å². The lowest BCUT2D eigenvalue weighted by molar-refractivity contribution is -0.357. The van der Waals surface area contributed by atoms with Crippen LogP contribution in [0, 0.1) is 5.92 Å². The zero-order chi connectivity index (χ0) is 23.5. The number of rotatable bonds is 11. The molecule has 1 aromatic rings. The number of amides is 1. The highest BCUT2D eigenvalue weighted by Crippen LogP contribution is 2.47. The van der Waals surface area contributed by atoms with Crippen molar-refractivity contribution >= 4 is 5.91 Å². The van der Waals surface area contributed by atoms with E-state index in [4.69, 9.17) is 9.15 Å². The molecule has 0 aromatic carbocycles. The fraction of sp³-hybridized carbons (Fsp3) is 0.722. The van der Waals surface area contributed by atoms with Gasteiger partial charge in [-0.15, -0.1) is 36.5 Å². The third kappa shape index (κ3) is 8.06. The molecule has 2 aliphatic rings. The number of hydrogen-bond donors (Lipinski definition) is 1. The molecular weight excluding hydrogens is 452 g/mol. The van der Waals surface area contributed by atoms with Crippen LogP contribution in [0.3, 0.4) is 0 Å². The number of aryl methyl sites for hydroxylation is 1. The lowest BCUT2D eigenvalue weighted by atomic mass is 9.92. The van der Waals surface area contributed by atoms with Crippen LogP contribution < -0.4 is 5.32 Å². The van der Waals surface area contributed by atoms with Crippen LogP contribution in [0.25, 0.3) is 0 Å². The number of carbonyl (C=O) groups excluding carboxylic acids is 1. The van der Waals surface area contributed by atoms with Crippen molar-refractivity contribution in [2.24, 2.45) is 5.92 Å². The molecule has 1 heterocycles. The Bertz CT molecular complexity index is 806. The van der Waals surface area contributed by atoms with Crippen LogP contribution in [-0.2, 0) is 25.4 Å². The summed E-state index contributed by atoms with van der Waals surface area (Å²) in [6.45, 7) is 2.89. The van der Waals surface area contributed by atoms with Gasteiger partial charge in [0.15, 0.2) is 0 Å². The van der Waals surface area contributed by atoms with Gasteiger partial charge in [-0.25, -0.2) is 0 Å². The SMILES string of the molecule is C=C(CCc1nnc([C@H]2C[C@H]2COC(F)(F)F)o1)NC(=O)COC1CC(OC(F)(F)F)C1. The largest absolute Gasteiger partial charge is 0.522 e. The molecule has 2 saturated carbocycles. The first-order chi connectivity index (χ1) is 14.9. The second-order valence-electron chi connectivity index (χ2n) is 7.63. The highest BCUT2D eigenvalue weighted by molar-refractivity contribution is 5.78. The maximum atomic E-state index is 12.1. The molecule has 14 heteroatoms. The van der Waals surface area contributed by atoms with Gasteiger partial charge in [0.1, 0.15) is 6.61 Å². The summed E-state index contributed by atoms with van der Waals surface area (Å²) in [6.07, 6.45) is -9.71. The maximum absolute atomic E-state index is 12.1. The van der Waals surface area contributed by atoms with Gasteiger partial charge in [0.05, 0.1) is 18.8 Å². The molecule has 0 unspecified atom stereocenters. The summed E-state index contributed by atoms with van der Waals surface area (Å²) in [5.74, 6) is -0.616. The lowest BCUT2D eigenvalue weighted by Gasteiger charge is -2.34. The summed E-state index contributed by atoms with van der Waals surface area (Å²) in [7, 11) is 0. The van der Waals surface area contributed by atoms with E-state index in [-0.39, 0.29) is 55.9 Å². The van der Waals surface area contributed by atoms with E-state index in [1.165, 1.54) is 0 Å². The first-order valence-electron chi connectivity index (χ1n) is 9.74. The van der Waals surface area contributed by atoms with Crippen molar-refractivity contribution in [3.05, 3.63) is 24.1 Å². The van der Waals surface area contributed by atoms with Crippen molar-refractivity contribution in [2.45, 2.75) is 63.0 Å². The molecule has 32 heavy (non-hydrogen) atoms. The molecule has 3 rings (SSSR count). The van der Waals surface area contributed by atoms with Gasteiger partial charge >= 0.3 is 12.7 Å². The van der Waals surface area contributed by atoms with E-state index in [1.54, 1.807) is 0 Å². The Morgan fingerprint density at radius 2 is 1.81 bits per heavy atom. The maximum Gasteiger partial charge on any atom is 0.522 e. The summed E-state index contributed by atoms with van der Waals surface area (Å²) in [4.78, 5) is 11.8. The summed E-state index contributed by atoms with van der Waals surface area (Å²) >= 11 is 0. The molecular formula is C18H21F6N3O5. The number of halogens is 6. The fourth-order valence-electron chi connectivity index (χ4n) is 3.14. The molecule has 2 atom stereocenters. The number of allylic oxidation sites excluding steroid dienone is 1. The minimum atomic E-state index is -4.69. The number of hydrogen-bond acceptors (Lipinski definition) is 7. The molecule has 0 aliphatic heterocycles. The molecule has 2 fully saturated rings. The van der Waals surface area contributed by atoms with E-state index >= 15 is 0 Å². The van der Waals surface area contributed by atoms with Gasteiger partial charge in [-0.3, -0.25) is 14.3 Å². The second-order valence-corrected chi connectivity index (χ2v) is 7.63. The zero-order valence-electron chi connectivity index (χ0n) is 16.7. The van der Waals surface area contributed by atoms with E-state index in [0.29, 0.717) is 12.1 Å². The van der Waals surface area contributed by atoms with Gasteiger partial charge in [0.2, 0.25) is 17.7 Å². The van der Waals surface area contributed by atoms with Crippen LogP contribution in [0.15, 0.2) is 16.7 Å². The minimum absolute atomic E-state index is 0.0530. The van der Waals surface area contributed by atoms with Crippen molar-refractivity contribution in [3.8, 4) is 0 Å². The number of ether oxygens (including phenoxy) is 3. The third-order valence-electron chi connectivity index (χ3n) is 4.94. The van der Waals surface area contributed by atoms with Crippen molar-refractivity contribution < 1.29 is 49.8 Å². The molecule has 0 radical (unpaired) electrons. The highest BCUT2D eigenvalue weighted by atomic mass is 19.4. The Kier molecular flexibility index (Phi) is 7.45. The van der Waals surface area contributed by atoms with E-state index in [1.807, 2.05) is 0 Å². The predicted molar refractivity (Wildman–Crippen MR) is 92.7 cm³/mol. The Labute approximate surface area is 178 Å².